The Bertz CT molecular complexity index is 845. The predicted molar refractivity (Wildman–Crippen MR) is 101 cm³/mol. The fraction of sp³-hybridized carbons (Fsp3) is 0.429. The van der Waals surface area contributed by atoms with E-state index in [0.29, 0.717) is 38.3 Å². The van der Waals surface area contributed by atoms with Crippen molar-refractivity contribution < 1.29 is 14.3 Å². The maximum atomic E-state index is 13.3. The molecule has 1 aromatic heterocycles. The maximum Gasteiger partial charge on any atom is 0.254 e. The van der Waals surface area contributed by atoms with Crippen molar-refractivity contribution in [3.8, 4) is 0 Å². The Morgan fingerprint density at radius 3 is 2.85 bits per heavy atom. The predicted octanol–water partition coefficient (Wildman–Crippen LogP) is 2.36. The zero-order valence-electron chi connectivity index (χ0n) is 15.6. The molecule has 6 nitrogen and oxygen atoms in total. The molecule has 27 heavy (non-hydrogen) atoms. The Labute approximate surface area is 159 Å². The van der Waals surface area contributed by atoms with E-state index < -0.39 is 0 Å². The molecule has 0 radical (unpaired) electrons. The molecule has 2 fully saturated rings. The summed E-state index contributed by atoms with van der Waals surface area (Å²) < 4.78 is 7.69. The largest absolute Gasteiger partial charge is 0.377 e. The van der Waals surface area contributed by atoms with Crippen LogP contribution in [0.3, 0.4) is 0 Å². The number of hydrogen-bond acceptors (Lipinski definition) is 3. The molecule has 2 amide bonds. The van der Waals surface area contributed by atoms with Gasteiger partial charge in [0.05, 0.1) is 19.3 Å². The van der Waals surface area contributed by atoms with Crippen molar-refractivity contribution in [1.82, 2.24) is 14.4 Å². The lowest BCUT2D eigenvalue weighted by Gasteiger charge is -2.36. The van der Waals surface area contributed by atoms with E-state index in [1.54, 1.807) is 0 Å². The van der Waals surface area contributed by atoms with Crippen LogP contribution in [0.2, 0.25) is 0 Å². The van der Waals surface area contributed by atoms with Crippen LogP contribution in [0.25, 0.3) is 0 Å². The topological polar surface area (TPSA) is 54.8 Å². The third kappa shape index (κ3) is 3.62. The average Bonchev–Trinajstić information content (AvgIpc) is 3.29. The molecular weight excluding hydrogens is 342 g/mol. The van der Waals surface area contributed by atoms with Crippen LogP contribution in [0.1, 0.15) is 40.5 Å². The zero-order valence-corrected chi connectivity index (χ0v) is 15.6. The van der Waals surface area contributed by atoms with Crippen molar-refractivity contribution in [3.05, 3.63) is 59.4 Å². The van der Waals surface area contributed by atoms with Gasteiger partial charge in [-0.1, -0.05) is 12.1 Å². The van der Waals surface area contributed by atoms with E-state index in [-0.39, 0.29) is 17.9 Å². The van der Waals surface area contributed by atoms with Crippen molar-refractivity contribution in [2.45, 2.75) is 25.4 Å². The summed E-state index contributed by atoms with van der Waals surface area (Å²) in [6.07, 6.45) is 3.54. The van der Waals surface area contributed by atoms with Crippen molar-refractivity contribution in [1.29, 1.82) is 0 Å². The van der Waals surface area contributed by atoms with Gasteiger partial charge in [0, 0.05) is 50.6 Å². The summed E-state index contributed by atoms with van der Waals surface area (Å²) >= 11 is 0. The van der Waals surface area contributed by atoms with Gasteiger partial charge in [-0.05, 0) is 36.2 Å². The van der Waals surface area contributed by atoms with Crippen LogP contribution in [-0.4, -0.2) is 52.5 Å². The van der Waals surface area contributed by atoms with E-state index in [2.05, 4.69) is 0 Å². The molecule has 2 aliphatic rings. The van der Waals surface area contributed by atoms with Crippen LogP contribution in [0.4, 0.5) is 0 Å². The quantitative estimate of drug-likeness (QED) is 0.834. The van der Waals surface area contributed by atoms with Gasteiger partial charge in [0.25, 0.3) is 5.91 Å². The monoisotopic (exact) mass is 367 g/mol. The first-order valence-corrected chi connectivity index (χ1v) is 9.50. The van der Waals surface area contributed by atoms with Gasteiger partial charge in [-0.3, -0.25) is 9.59 Å². The van der Waals surface area contributed by atoms with Crippen molar-refractivity contribution in [2.75, 3.05) is 26.3 Å². The number of benzene rings is 1. The Kier molecular flexibility index (Phi) is 4.99. The van der Waals surface area contributed by atoms with Crippen molar-refractivity contribution in [2.24, 2.45) is 7.05 Å². The highest BCUT2D eigenvalue weighted by Crippen LogP contribution is 2.26. The highest BCUT2D eigenvalue weighted by atomic mass is 16.5. The Hall–Kier alpha value is -2.60. The number of ether oxygens (including phenoxy) is 1. The number of carbonyl (C=O) groups is 2. The first-order valence-electron chi connectivity index (χ1n) is 9.50. The van der Waals surface area contributed by atoms with Gasteiger partial charge in [-0.15, -0.1) is 0 Å². The average molecular weight is 367 g/mol. The van der Waals surface area contributed by atoms with Crippen molar-refractivity contribution >= 4 is 11.8 Å². The smallest absolute Gasteiger partial charge is 0.254 e. The number of aryl methyl sites for hydroxylation is 1. The van der Waals surface area contributed by atoms with Crippen LogP contribution in [0.15, 0.2) is 42.6 Å². The van der Waals surface area contributed by atoms with E-state index in [9.17, 15) is 9.59 Å². The first-order chi connectivity index (χ1) is 13.1. The molecule has 0 N–H and O–H groups in total. The molecule has 3 heterocycles. The van der Waals surface area contributed by atoms with Gasteiger partial charge in [0.15, 0.2) is 0 Å². The molecule has 2 saturated heterocycles. The molecule has 1 unspecified atom stereocenters. The number of aromatic nitrogens is 1. The standard InChI is InChI=1S/C21H25N3O3/c1-22-9-3-7-18(22)19-15-27-12-11-24(19)21(26)17-6-2-5-16(13-17)14-23-10-4-8-20(23)25/h2-3,5-7,9,13,19H,4,8,10-12,14-15H2,1H3. The minimum atomic E-state index is -0.0879. The molecular formula is C21H25N3O3. The first kappa shape index (κ1) is 17.8. The number of amides is 2. The number of rotatable bonds is 4. The highest BCUT2D eigenvalue weighted by Gasteiger charge is 2.31. The molecule has 4 rings (SSSR count). The Balaban J connectivity index is 1.55. The van der Waals surface area contributed by atoms with E-state index in [1.807, 2.05) is 64.0 Å². The molecule has 142 valence electrons. The number of morpholine rings is 1. The molecule has 1 aromatic carbocycles. The number of carbonyl (C=O) groups excluding carboxylic acids is 2. The van der Waals surface area contributed by atoms with E-state index in [1.165, 1.54) is 0 Å². The third-order valence-corrected chi connectivity index (χ3v) is 5.43. The summed E-state index contributed by atoms with van der Waals surface area (Å²) in [5.41, 5.74) is 2.74. The zero-order chi connectivity index (χ0) is 18.8. The fourth-order valence-electron chi connectivity index (χ4n) is 3.97. The maximum absolute atomic E-state index is 13.3. The normalized spacial score (nSPS) is 20.3. The minimum Gasteiger partial charge on any atom is -0.377 e. The molecule has 6 heteroatoms. The molecule has 0 spiro atoms. The van der Waals surface area contributed by atoms with E-state index >= 15 is 0 Å². The second-order valence-corrected chi connectivity index (χ2v) is 7.25. The minimum absolute atomic E-state index is 0.0131. The molecule has 2 aliphatic heterocycles. The molecule has 0 aliphatic carbocycles. The summed E-state index contributed by atoms with van der Waals surface area (Å²) in [5, 5.41) is 0. The van der Waals surface area contributed by atoms with Gasteiger partial charge in [-0.2, -0.15) is 0 Å². The molecule has 0 saturated carbocycles. The molecule has 1 atom stereocenters. The molecule has 0 bridgehead atoms. The second kappa shape index (κ2) is 7.56. The van der Waals surface area contributed by atoms with Crippen LogP contribution in [-0.2, 0) is 23.1 Å². The lowest BCUT2D eigenvalue weighted by atomic mass is 10.1. The number of likely N-dealkylation sites (tertiary alicyclic amines) is 1. The van der Waals surface area contributed by atoms with Gasteiger partial charge in [-0.25, -0.2) is 0 Å². The van der Waals surface area contributed by atoms with Crippen LogP contribution < -0.4 is 0 Å². The van der Waals surface area contributed by atoms with Crippen LogP contribution in [0, 0.1) is 0 Å². The lowest BCUT2D eigenvalue weighted by molar-refractivity contribution is -0.128. The number of nitrogens with zero attached hydrogens (tertiary/aromatic N) is 3. The SMILES string of the molecule is Cn1cccc1C1COCCN1C(=O)c1cccc(CN2CCCC2=O)c1. The lowest BCUT2D eigenvalue weighted by Crippen LogP contribution is -2.44. The van der Waals surface area contributed by atoms with E-state index in [0.717, 1.165) is 24.2 Å². The Morgan fingerprint density at radius 1 is 1.22 bits per heavy atom. The summed E-state index contributed by atoms with van der Waals surface area (Å²) in [6.45, 7) is 3.00. The number of hydrogen-bond donors (Lipinski definition) is 0. The highest BCUT2D eigenvalue weighted by molar-refractivity contribution is 5.94. The molecule has 2 aromatic rings. The summed E-state index contributed by atoms with van der Waals surface area (Å²) in [5.74, 6) is 0.211. The van der Waals surface area contributed by atoms with Gasteiger partial charge in [0.1, 0.15) is 0 Å². The van der Waals surface area contributed by atoms with Crippen LogP contribution >= 0.6 is 0 Å². The van der Waals surface area contributed by atoms with E-state index in [4.69, 9.17) is 4.74 Å². The summed E-state index contributed by atoms with van der Waals surface area (Å²) in [6, 6.07) is 11.6. The second-order valence-electron chi connectivity index (χ2n) is 7.25. The van der Waals surface area contributed by atoms with Gasteiger partial charge in [0.2, 0.25) is 5.91 Å². The summed E-state index contributed by atoms with van der Waals surface area (Å²) in [4.78, 5) is 28.9. The van der Waals surface area contributed by atoms with Crippen molar-refractivity contribution in [3.63, 3.8) is 0 Å². The fourth-order valence-corrected chi connectivity index (χ4v) is 3.97. The van der Waals surface area contributed by atoms with Gasteiger partial charge >= 0.3 is 0 Å². The van der Waals surface area contributed by atoms with Crippen LogP contribution in [0.5, 0.6) is 0 Å². The summed E-state index contributed by atoms with van der Waals surface area (Å²) in [7, 11) is 1.99. The Morgan fingerprint density at radius 2 is 2.11 bits per heavy atom. The third-order valence-electron chi connectivity index (χ3n) is 5.43. The van der Waals surface area contributed by atoms with Gasteiger partial charge < -0.3 is 19.1 Å².